The first-order valence-electron chi connectivity index (χ1n) is 10.2. The van der Waals surface area contributed by atoms with Crippen LogP contribution in [0.25, 0.3) is 33.1 Å². The Bertz CT molecular complexity index is 1650. The number of hydrogen-bond acceptors (Lipinski definition) is 5. The summed E-state index contributed by atoms with van der Waals surface area (Å²) in [5.41, 5.74) is 2.80. The molecule has 0 spiro atoms. The number of aromatic hydroxyl groups is 1. The highest BCUT2D eigenvalue weighted by molar-refractivity contribution is 9.10. The van der Waals surface area contributed by atoms with E-state index in [1.807, 2.05) is 24.3 Å². The smallest absolute Gasteiger partial charge is 0.296 e. The van der Waals surface area contributed by atoms with E-state index < -0.39 is 5.91 Å². The molecule has 2 heterocycles. The van der Waals surface area contributed by atoms with Crippen molar-refractivity contribution in [3.63, 3.8) is 0 Å². The number of methoxy groups -OCH3 is 1. The molecule has 0 unspecified atom stereocenters. The maximum atomic E-state index is 13.3. The van der Waals surface area contributed by atoms with Gasteiger partial charge in [0.05, 0.1) is 34.4 Å². The number of aromatic amines is 1. The fourth-order valence-corrected chi connectivity index (χ4v) is 4.53. The zero-order chi connectivity index (χ0) is 24.7. The molecule has 0 aliphatic heterocycles. The van der Waals surface area contributed by atoms with Gasteiger partial charge in [0.25, 0.3) is 5.91 Å². The number of rotatable bonds is 4. The predicted octanol–water partition coefficient (Wildman–Crippen LogP) is 8.09. The Balaban J connectivity index is 1.63. The van der Waals surface area contributed by atoms with Crippen LogP contribution >= 0.6 is 39.1 Å². The van der Waals surface area contributed by atoms with Crippen molar-refractivity contribution in [2.75, 3.05) is 7.11 Å². The molecule has 5 aromatic rings. The Kier molecular flexibility index (Phi) is 6.19. The number of ether oxygens (including phenoxy) is 1. The third-order valence-corrected chi connectivity index (χ3v) is 6.45. The Morgan fingerprint density at radius 1 is 1.06 bits per heavy atom. The topological polar surface area (TPSA) is 99.9 Å². The van der Waals surface area contributed by atoms with E-state index in [4.69, 9.17) is 32.9 Å². The van der Waals surface area contributed by atoms with Gasteiger partial charge in [-0.05, 0) is 48.5 Å². The number of benzene rings is 3. The van der Waals surface area contributed by atoms with Gasteiger partial charge in [-0.15, -0.1) is 10.2 Å². The van der Waals surface area contributed by atoms with Crippen LogP contribution in [0.3, 0.4) is 0 Å². The molecule has 35 heavy (non-hydrogen) atoms. The van der Waals surface area contributed by atoms with E-state index in [9.17, 15) is 9.90 Å². The molecule has 3 aromatic carbocycles. The lowest BCUT2D eigenvalue weighted by molar-refractivity contribution is 0.0996. The van der Waals surface area contributed by atoms with E-state index in [1.54, 1.807) is 37.4 Å². The van der Waals surface area contributed by atoms with E-state index in [-0.39, 0.29) is 17.1 Å². The highest BCUT2D eigenvalue weighted by Gasteiger charge is 2.17. The zero-order valence-electron chi connectivity index (χ0n) is 18.0. The van der Waals surface area contributed by atoms with Crippen LogP contribution in [0, 0.1) is 0 Å². The second-order valence-corrected chi connectivity index (χ2v) is 9.34. The number of halogens is 3. The molecule has 0 saturated carbocycles. The van der Waals surface area contributed by atoms with Crippen LogP contribution in [0.1, 0.15) is 10.4 Å². The van der Waals surface area contributed by atoms with Gasteiger partial charge in [0.2, 0.25) is 5.88 Å². The molecule has 1 amide bonds. The fraction of sp³-hybridized carbons (Fsp3) is 0.0400. The molecule has 0 aliphatic rings. The van der Waals surface area contributed by atoms with E-state index in [1.165, 1.54) is 6.07 Å². The molecule has 5 rings (SSSR count). The molecule has 7 nitrogen and oxygen atoms in total. The number of aromatic nitrogens is 2. The Hall–Kier alpha value is -3.46. The molecule has 2 N–H and O–H groups in total. The van der Waals surface area contributed by atoms with Crippen molar-refractivity contribution in [2.45, 2.75) is 0 Å². The summed E-state index contributed by atoms with van der Waals surface area (Å²) in [5.74, 6) is -0.330. The molecule has 0 aliphatic carbocycles. The third kappa shape index (κ3) is 4.48. The van der Waals surface area contributed by atoms with Gasteiger partial charge in [0, 0.05) is 25.8 Å². The summed E-state index contributed by atoms with van der Waals surface area (Å²) < 4.78 is 6.26. The van der Waals surface area contributed by atoms with E-state index >= 15 is 0 Å². The van der Waals surface area contributed by atoms with Crippen molar-refractivity contribution < 1.29 is 14.6 Å². The molecule has 2 aromatic heterocycles. The Labute approximate surface area is 217 Å². The number of carbonyl (C=O) groups excluding carboxylic acids is 1. The van der Waals surface area contributed by atoms with Crippen molar-refractivity contribution in [1.82, 2.24) is 9.97 Å². The number of nitrogens with one attached hydrogen (secondary N) is 1. The molecular weight excluding hydrogens is 555 g/mol. The van der Waals surface area contributed by atoms with Gasteiger partial charge >= 0.3 is 0 Å². The number of pyridine rings is 1. The second-order valence-electron chi connectivity index (χ2n) is 7.58. The van der Waals surface area contributed by atoms with Crippen LogP contribution in [0.2, 0.25) is 10.0 Å². The largest absolute Gasteiger partial charge is 0.497 e. The van der Waals surface area contributed by atoms with Crippen LogP contribution in [-0.4, -0.2) is 28.1 Å². The standard InChI is InChI=1S/C25H15BrCl2N4O3/c1-35-15-6-7-20-16(10-15)17(11-21(29-20)12-2-4-13(26)5-3-12)24(33)32-31-23-18-8-14(27)9-19(28)22(18)30-25(23)34/h2-11,30,34H,1H3. The first-order valence-corrected chi connectivity index (χ1v) is 11.8. The van der Waals surface area contributed by atoms with Crippen LogP contribution in [-0.2, 0) is 0 Å². The normalized spacial score (nSPS) is 11.5. The van der Waals surface area contributed by atoms with Crippen molar-refractivity contribution >= 4 is 72.5 Å². The molecule has 0 atom stereocenters. The lowest BCUT2D eigenvalue weighted by Gasteiger charge is -2.09. The van der Waals surface area contributed by atoms with E-state index in [0.29, 0.717) is 43.3 Å². The van der Waals surface area contributed by atoms with Gasteiger partial charge in [0.1, 0.15) is 5.75 Å². The number of azo groups is 1. The van der Waals surface area contributed by atoms with Gasteiger partial charge in [-0.1, -0.05) is 51.3 Å². The number of carbonyl (C=O) groups is 1. The highest BCUT2D eigenvalue weighted by Crippen LogP contribution is 2.40. The monoisotopic (exact) mass is 568 g/mol. The molecule has 0 radical (unpaired) electrons. The maximum Gasteiger partial charge on any atom is 0.296 e. The van der Waals surface area contributed by atoms with Crippen molar-refractivity contribution in [1.29, 1.82) is 0 Å². The highest BCUT2D eigenvalue weighted by atomic mass is 79.9. The van der Waals surface area contributed by atoms with Gasteiger partial charge in [-0.2, -0.15) is 0 Å². The van der Waals surface area contributed by atoms with E-state index in [2.05, 4.69) is 31.1 Å². The summed E-state index contributed by atoms with van der Waals surface area (Å²) in [6.45, 7) is 0. The van der Waals surface area contributed by atoms with Crippen LogP contribution in [0.5, 0.6) is 11.6 Å². The van der Waals surface area contributed by atoms with Gasteiger partial charge in [-0.3, -0.25) is 4.79 Å². The van der Waals surface area contributed by atoms with Crippen LogP contribution in [0.4, 0.5) is 5.69 Å². The van der Waals surface area contributed by atoms with Gasteiger partial charge < -0.3 is 14.8 Å². The number of nitrogens with zero attached hydrogens (tertiary/aromatic N) is 3. The lowest BCUT2D eigenvalue weighted by atomic mass is 10.0. The third-order valence-electron chi connectivity index (χ3n) is 5.40. The summed E-state index contributed by atoms with van der Waals surface area (Å²) >= 11 is 15.7. The van der Waals surface area contributed by atoms with Crippen LogP contribution < -0.4 is 4.74 Å². The number of hydrogen-bond donors (Lipinski definition) is 2. The van der Waals surface area contributed by atoms with Gasteiger partial charge in [-0.25, -0.2) is 4.98 Å². The van der Waals surface area contributed by atoms with E-state index in [0.717, 1.165) is 10.0 Å². The molecule has 174 valence electrons. The Morgan fingerprint density at radius 3 is 2.57 bits per heavy atom. The lowest BCUT2D eigenvalue weighted by Crippen LogP contribution is -1.99. The minimum Gasteiger partial charge on any atom is -0.497 e. The minimum atomic E-state index is -0.620. The molecular formula is C25H15BrCl2N4O3. The summed E-state index contributed by atoms with van der Waals surface area (Å²) in [7, 11) is 1.54. The molecule has 0 saturated heterocycles. The van der Waals surface area contributed by atoms with Crippen molar-refractivity contribution in [3.05, 3.63) is 80.7 Å². The fourth-order valence-electron chi connectivity index (χ4n) is 3.72. The number of H-pyrrole nitrogens is 1. The Morgan fingerprint density at radius 2 is 1.83 bits per heavy atom. The molecule has 0 bridgehead atoms. The first kappa shape index (κ1) is 23.3. The molecule has 0 fully saturated rings. The SMILES string of the molecule is COc1ccc2nc(-c3ccc(Br)cc3)cc(C(=O)N=Nc3c(O)[nH]c4c(Cl)cc(Cl)cc34)c2c1. The average Bonchev–Trinajstić information content (AvgIpc) is 3.17. The predicted molar refractivity (Wildman–Crippen MR) is 140 cm³/mol. The minimum absolute atomic E-state index is 0.0572. The van der Waals surface area contributed by atoms with Crippen molar-refractivity contribution in [3.8, 4) is 22.9 Å². The average molecular weight is 570 g/mol. The number of fused-ring (bicyclic) bond motifs is 2. The van der Waals surface area contributed by atoms with Crippen molar-refractivity contribution in [2.24, 2.45) is 10.2 Å². The maximum absolute atomic E-state index is 13.3. The number of amides is 1. The summed E-state index contributed by atoms with van der Waals surface area (Å²) in [4.78, 5) is 20.7. The first-order chi connectivity index (χ1) is 16.8. The summed E-state index contributed by atoms with van der Waals surface area (Å²) in [5, 5.41) is 19.9. The summed E-state index contributed by atoms with van der Waals surface area (Å²) in [6.07, 6.45) is 0. The van der Waals surface area contributed by atoms with Gasteiger partial charge in [0.15, 0.2) is 5.69 Å². The zero-order valence-corrected chi connectivity index (χ0v) is 21.1. The summed E-state index contributed by atoms with van der Waals surface area (Å²) in [6, 6.07) is 17.6. The second kappa shape index (κ2) is 9.30. The molecule has 10 heteroatoms. The van der Waals surface area contributed by atoms with Crippen LogP contribution in [0.15, 0.2) is 75.4 Å². The quantitative estimate of drug-likeness (QED) is 0.213.